The van der Waals surface area contributed by atoms with E-state index in [9.17, 15) is 14.9 Å². The Labute approximate surface area is 161 Å². The summed E-state index contributed by atoms with van der Waals surface area (Å²) in [5, 5.41) is 11.1. The van der Waals surface area contributed by atoms with Gasteiger partial charge >= 0.3 is 5.97 Å². The molecule has 1 aliphatic rings. The standard InChI is InChI=1S/C17H10BrClN2O5/c1-25-15-5-2-9(6-12(15)18)7-14-17(22)26-16(20-14)11-8-10(21(23)24)3-4-13(11)19/h2-8H,1H3/b14-7-. The molecule has 0 fully saturated rings. The third kappa shape index (κ3) is 3.61. The summed E-state index contributed by atoms with van der Waals surface area (Å²) in [6.07, 6.45) is 1.53. The molecule has 0 aromatic heterocycles. The van der Waals surface area contributed by atoms with Crippen LogP contribution in [0.5, 0.6) is 5.75 Å². The van der Waals surface area contributed by atoms with Gasteiger partial charge in [-0.25, -0.2) is 9.79 Å². The van der Waals surface area contributed by atoms with Gasteiger partial charge in [-0.15, -0.1) is 0 Å². The van der Waals surface area contributed by atoms with Crippen molar-refractivity contribution in [2.75, 3.05) is 7.11 Å². The minimum absolute atomic E-state index is 0.0552. The fraction of sp³-hybridized carbons (Fsp3) is 0.0588. The summed E-state index contributed by atoms with van der Waals surface area (Å²) in [5.74, 6) is -0.106. The number of carbonyl (C=O) groups is 1. The molecule has 1 heterocycles. The predicted octanol–water partition coefficient (Wildman–Crippen LogP) is 4.36. The number of nitrogens with zero attached hydrogens (tertiary/aromatic N) is 2. The van der Waals surface area contributed by atoms with E-state index in [2.05, 4.69) is 20.9 Å². The van der Waals surface area contributed by atoms with Crippen LogP contribution >= 0.6 is 27.5 Å². The molecule has 132 valence electrons. The van der Waals surface area contributed by atoms with Crippen LogP contribution in [0.15, 0.2) is 51.6 Å². The van der Waals surface area contributed by atoms with Crippen LogP contribution in [0.3, 0.4) is 0 Å². The number of benzene rings is 2. The molecule has 0 atom stereocenters. The van der Waals surface area contributed by atoms with Crippen LogP contribution in [0.25, 0.3) is 6.08 Å². The summed E-state index contributed by atoms with van der Waals surface area (Å²) in [7, 11) is 1.55. The molecule has 1 aliphatic heterocycles. The molecule has 0 unspecified atom stereocenters. The molecule has 0 spiro atoms. The van der Waals surface area contributed by atoms with Crippen molar-refractivity contribution in [3.63, 3.8) is 0 Å². The minimum Gasteiger partial charge on any atom is -0.496 e. The average Bonchev–Trinajstić information content (AvgIpc) is 2.95. The summed E-state index contributed by atoms with van der Waals surface area (Å²) in [6.45, 7) is 0. The molecule has 2 aromatic carbocycles. The second-order valence-corrected chi connectivity index (χ2v) is 6.41. The van der Waals surface area contributed by atoms with Crippen molar-refractivity contribution < 1.29 is 19.2 Å². The third-order valence-electron chi connectivity index (χ3n) is 3.49. The van der Waals surface area contributed by atoms with Crippen LogP contribution < -0.4 is 4.74 Å². The summed E-state index contributed by atoms with van der Waals surface area (Å²) in [4.78, 5) is 26.6. The number of nitro benzene ring substituents is 1. The number of rotatable bonds is 4. The lowest BCUT2D eigenvalue weighted by Crippen LogP contribution is -2.06. The molecule has 0 aliphatic carbocycles. The summed E-state index contributed by atoms with van der Waals surface area (Å²) in [6, 6.07) is 9.06. The number of aliphatic imine (C=N–C) groups is 1. The minimum atomic E-state index is -0.672. The second kappa shape index (κ2) is 7.27. The first-order chi connectivity index (χ1) is 12.4. The van der Waals surface area contributed by atoms with Gasteiger partial charge in [-0.2, -0.15) is 0 Å². The fourth-order valence-electron chi connectivity index (χ4n) is 2.25. The van der Waals surface area contributed by atoms with Crippen molar-refractivity contribution in [2.45, 2.75) is 0 Å². The number of halogens is 2. The molecule has 0 radical (unpaired) electrons. The first-order valence-corrected chi connectivity index (χ1v) is 8.36. The topological polar surface area (TPSA) is 91.0 Å². The zero-order valence-electron chi connectivity index (χ0n) is 13.2. The molecule has 0 saturated carbocycles. The lowest BCUT2D eigenvalue weighted by Gasteiger charge is -2.03. The number of esters is 1. The highest BCUT2D eigenvalue weighted by atomic mass is 79.9. The zero-order valence-corrected chi connectivity index (χ0v) is 15.6. The molecular formula is C17H10BrClN2O5. The molecule has 0 N–H and O–H groups in total. The summed E-state index contributed by atoms with van der Waals surface area (Å²) >= 11 is 9.42. The van der Waals surface area contributed by atoms with Gasteiger partial charge in [0.1, 0.15) is 5.75 Å². The largest absolute Gasteiger partial charge is 0.496 e. The Morgan fingerprint density at radius 2 is 2.08 bits per heavy atom. The van der Waals surface area contributed by atoms with Crippen molar-refractivity contribution >= 4 is 51.2 Å². The van der Waals surface area contributed by atoms with Crippen molar-refractivity contribution in [1.82, 2.24) is 0 Å². The van der Waals surface area contributed by atoms with E-state index in [1.165, 1.54) is 24.3 Å². The van der Waals surface area contributed by atoms with E-state index in [-0.39, 0.29) is 27.9 Å². The Morgan fingerprint density at radius 1 is 1.31 bits per heavy atom. The third-order valence-corrected chi connectivity index (χ3v) is 4.44. The fourth-order valence-corrected chi connectivity index (χ4v) is 3.00. The molecule has 9 heteroatoms. The molecule has 0 amide bonds. The monoisotopic (exact) mass is 436 g/mol. The number of non-ortho nitro benzene ring substituents is 1. The Balaban J connectivity index is 1.98. The van der Waals surface area contributed by atoms with E-state index in [4.69, 9.17) is 21.1 Å². The van der Waals surface area contributed by atoms with Crippen LogP contribution in [0.4, 0.5) is 5.69 Å². The Bertz CT molecular complexity index is 987. The summed E-state index contributed by atoms with van der Waals surface area (Å²) < 4.78 is 11.0. The Kier molecular flexibility index (Phi) is 5.06. The quantitative estimate of drug-likeness (QED) is 0.307. The van der Waals surface area contributed by atoms with Gasteiger partial charge in [-0.3, -0.25) is 10.1 Å². The normalized spacial score (nSPS) is 15.0. The number of carbonyl (C=O) groups excluding carboxylic acids is 1. The Hall–Kier alpha value is -2.71. The second-order valence-electron chi connectivity index (χ2n) is 5.15. The first-order valence-electron chi connectivity index (χ1n) is 7.19. The number of methoxy groups -OCH3 is 1. The number of hydrogen-bond acceptors (Lipinski definition) is 6. The maximum Gasteiger partial charge on any atom is 0.363 e. The van der Waals surface area contributed by atoms with E-state index >= 15 is 0 Å². The van der Waals surface area contributed by atoms with E-state index < -0.39 is 10.9 Å². The number of hydrogen-bond donors (Lipinski definition) is 0. The molecule has 2 aromatic rings. The van der Waals surface area contributed by atoms with Crippen LogP contribution in [-0.2, 0) is 9.53 Å². The van der Waals surface area contributed by atoms with Crippen molar-refractivity contribution in [3.05, 3.63) is 72.8 Å². The maximum absolute atomic E-state index is 12.1. The first kappa shape index (κ1) is 18.1. The van der Waals surface area contributed by atoms with Gasteiger partial charge in [0.2, 0.25) is 5.90 Å². The lowest BCUT2D eigenvalue weighted by molar-refractivity contribution is -0.384. The molecule has 26 heavy (non-hydrogen) atoms. The zero-order chi connectivity index (χ0) is 18.8. The van der Waals surface area contributed by atoms with E-state index in [1.807, 2.05) is 0 Å². The van der Waals surface area contributed by atoms with E-state index in [0.717, 1.165) is 0 Å². The number of cyclic esters (lactones) is 1. The smallest absolute Gasteiger partial charge is 0.363 e. The van der Waals surface area contributed by atoms with Gasteiger partial charge in [0.25, 0.3) is 5.69 Å². The van der Waals surface area contributed by atoms with Gasteiger partial charge in [-0.05, 0) is 45.8 Å². The number of nitro groups is 1. The molecule has 0 saturated heterocycles. The lowest BCUT2D eigenvalue weighted by atomic mass is 10.2. The highest BCUT2D eigenvalue weighted by molar-refractivity contribution is 9.10. The van der Waals surface area contributed by atoms with Gasteiger partial charge in [0, 0.05) is 12.1 Å². The molecule has 3 rings (SSSR count). The maximum atomic E-state index is 12.1. The Morgan fingerprint density at radius 3 is 2.73 bits per heavy atom. The van der Waals surface area contributed by atoms with Crippen molar-refractivity contribution in [1.29, 1.82) is 0 Å². The highest BCUT2D eigenvalue weighted by Gasteiger charge is 2.27. The van der Waals surface area contributed by atoms with Crippen molar-refractivity contribution in [3.8, 4) is 5.75 Å². The van der Waals surface area contributed by atoms with E-state index in [1.54, 1.807) is 25.3 Å². The van der Waals surface area contributed by atoms with Crippen molar-refractivity contribution in [2.24, 2.45) is 4.99 Å². The van der Waals surface area contributed by atoms with Gasteiger partial charge < -0.3 is 9.47 Å². The predicted molar refractivity (Wildman–Crippen MR) is 99.4 cm³/mol. The summed E-state index contributed by atoms with van der Waals surface area (Å²) in [5.41, 5.74) is 0.743. The highest BCUT2D eigenvalue weighted by Crippen LogP contribution is 2.29. The van der Waals surface area contributed by atoms with Gasteiger partial charge in [-0.1, -0.05) is 17.7 Å². The van der Waals surface area contributed by atoms with Gasteiger partial charge in [0.05, 0.1) is 27.1 Å². The van der Waals surface area contributed by atoms with Crippen LogP contribution in [0.2, 0.25) is 5.02 Å². The van der Waals surface area contributed by atoms with Crippen LogP contribution in [0.1, 0.15) is 11.1 Å². The average molecular weight is 438 g/mol. The number of ether oxygens (including phenoxy) is 2. The van der Waals surface area contributed by atoms with E-state index in [0.29, 0.717) is 15.8 Å². The molecule has 7 nitrogen and oxygen atoms in total. The molecule has 0 bridgehead atoms. The van der Waals surface area contributed by atoms with Crippen LogP contribution in [-0.4, -0.2) is 23.9 Å². The molecular weight excluding hydrogens is 428 g/mol. The van der Waals surface area contributed by atoms with Gasteiger partial charge in [0.15, 0.2) is 5.70 Å². The van der Waals surface area contributed by atoms with Crippen LogP contribution in [0, 0.1) is 10.1 Å². The SMILES string of the molecule is COc1ccc(/C=C2\N=C(c3cc([N+](=O)[O-])ccc3Cl)OC2=O)cc1Br.